The fraction of sp³-hybridized carbons (Fsp3) is 0.375. The maximum absolute atomic E-state index is 12.5. The van der Waals surface area contributed by atoms with Crippen molar-refractivity contribution in [1.82, 2.24) is 9.55 Å². The summed E-state index contributed by atoms with van der Waals surface area (Å²) in [6, 6.07) is 10.0. The minimum atomic E-state index is 0.0502. The molecule has 0 saturated heterocycles. The highest BCUT2D eigenvalue weighted by Crippen LogP contribution is 2.24. The van der Waals surface area contributed by atoms with E-state index in [1.807, 2.05) is 44.2 Å². The minimum Gasteiger partial charge on any atom is -0.291 e. The quantitative estimate of drug-likeness (QED) is 0.798. The number of aryl methyl sites for hydroxylation is 1. The van der Waals surface area contributed by atoms with Crippen molar-refractivity contribution in [3.8, 4) is 0 Å². The van der Waals surface area contributed by atoms with Gasteiger partial charge in [0.2, 0.25) is 0 Å². The summed E-state index contributed by atoms with van der Waals surface area (Å²) in [5.74, 6) is 0.810. The maximum atomic E-state index is 12.5. The fourth-order valence-corrected chi connectivity index (χ4v) is 2.47. The molecule has 0 aliphatic carbocycles. The first kappa shape index (κ1) is 15.0. The molecule has 0 N–H and O–H groups in total. The lowest BCUT2D eigenvalue weighted by molar-refractivity contribution is 0.640. The highest BCUT2D eigenvalue weighted by Gasteiger charge is 2.16. The summed E-state index contributed by atoms with van der Waals surface area (Å²) >= 11 is 3.62. The third-order valence-electron chi connectivity index (χ3n) is 3.49. The third kappa shape index (κ3) is 3.01. The van der Waals surface area contributed by atoms with Crippen LogP contribution in [0.2, 0.25) is 0 Å². The smallest absolute Gasteiger partial charge is 0.256 e. The molecule has 0 saturated carbocycles. The van der Waals surface area contributed by atoms with Crippen molar-refractivity contribution in [3.63, 3.8) is 0 Å². The van der Waals surface area contributed by atoms with Gasteiger partial charge in [-0.05, 0) is 25.8 Å². The van der Waals surface area contributed by atoms with E-state index in [0.29, 0.717) is 6.54 Å². The molecule has 0 spiro atoms. The number of aromatic nitrogens is 2. The van der Waals surface area contributed by atoms with Crippen molar-refractivity contribution >= 4 is 15.9 Å². The number of halogens is 1. The molecule has 2 rings (SSSR count). The van der Waals surface area contributed by atoms with Gasteiger partial charge in [-0.25, -0.2) is 4.98 Å². The predicted molar refractivity (Wildman–Crippen MR) is 85.5 cm³/mol. The van der Waals surface area contributed by atoms with Gasteiger partial charge in [-0.1, -0.05) is 53.2 Å². The van der Waals surface area contributed by atoms with E-state index in [2.05, 4.69) is 27.8 Å². The van der Waals surface area contributed by atoms with Crippen molar-refractivity contribution in [1.29, 1.82) is 0 Å². The number of alkyl halides is 1. The molecule has 20 heavy (non-hydrogen) atoms. The number of rotatable bonds is 4. The SMILES string of the molecule is CCC(Br)c1nc(C)c(C)c(=O)n1Cc1ccccc1. The van der Waals surface area contributed by atoms with Crippen LogP contribution < -0.4 is 5.56 Å². The Kier molecular flexibility index (Phi) is 4.76. The number of hydrogen-bond acceptors (Lipinski definition) is 2. The zero-order valence-corrected chi connectivity index (χ0v) is 13.6. The largest absolute Gasteiger partial charge is 0.291 e. The molecule has 2 aromatic rings. The Balaban J connectivity index is 2.55. The first-order valence-corrected chi connectivity index (χ1v) is 7.72. The van der Waals surface area contributed by atoms with Gasteiger partial charge in [0.25, 0.3) is 5.56 Å². The second-order valence-electron chi connectivity index (χ2n) is 4.93. The summed E-state index contributed by atoms with van der Waals surface area (Å²) in [5.41, 5.74) is 2.69. The van der Waals surface area contributed by atoms with E-state index in [0.717, 1.165) is 29.1 Å². The molecular formula is C16H19BrN2O. The summed E-state index contributed by atoms with van der Waals surface area (Å²) in [5, 5.41) is 0. The van der Waals surface area contributed by atoms with Crippen LogP contribution in [0.25, 0.3) is 0 Å². The summed E-state index contributed by atoms with van der Waals surface area (Å²) in [7, 11) is 0. The van der Waals surface area contributed by atoms with Crippen LogP contribution in [-0.2, 0) is 6.54 Å². The molecule has 0 aliphatic heterocycles. The van der Waals surface area contributed by atoms with Crippen molar-refractivity contribution in [2.45, 2.75) is 38.6 Å². The lowest BCUT2D eigenvalue weighted by Gasteiger charge is -2.17. The van der Waals surface area contributed by atoms with Gasteiger partial charge >= 0.3 is 0 Å². The van der Waals surface area contributed by atoms with Crippen LogP contribution >= 0.6 is 15.9 Å². The molecule has 1 unspecified atom stereocenters. The summed E-state index contributed by atoms with van der Waals surface area (Å²) in [4.78, 5) is 17.2. The summed E-state index contributed by atoms with van der Waals surface area (Å²) < 4.78 is 1.78. The molecule has 4 heteroatoms. The van der Waals surface area contributed by atoms with E-state index in [1.165, 1.54) is 0 Å². The molecule has 1 aromatic carbocycles. The van der Waals surface area contributed by atoms with Crippen LogP contribution in [0, 0.1) is 13.8 Å². The first-order chi connectivity index (χ1) is 9.54. The average molecular weight is 335 g/mol. The van der Waals surface area contributed by atoms with E-state index in [1.54, 1.807) is 4.57 Å². The number of hydrogen-bond donors (Lipinski definition) is 0. The van der Waals surface area contributed by atoms with Gasteiger partial charge in [-0.15, -0.1) is 0 Å². The maximum Gasteiger partial charge on any atom is 0.256 e. The Morgan fingerprint density at radius 1 is 1.25 bits per heavy atom. The molecule has 1 atom stereocenters. The predicted octanol–water partition coefficient (Wildman–Crippen LogP) is 3.75. The normalized spacial score (nSPS) is 12.4. The monoisotopic (exact) mass is 334 g/mol. The molecule has 0 amide bonds. The van der Waals surface area contributed by atoms with E-state index in [9.17, 15) is 4.79 Å². The van der Waals surface area contributed by atoms with Gasteiger partial charge in [0.1, 0.15) is 5.82 Å². The molecule has 0 radical (unpaired) electrons. The van der Waals surface area contributed by atoms with E-state index < -0.39 is 0 Å². The molecular weight excluding hydrogens is 316 g/mol. The van der Waals surface area contributed by atoms with Gasteiger partial charge in [0.15, 0.2) is 0 Å². The van der Waals surface area contributed by atoms with Crippen molar-refractivity contribution in [3.05, 3.63) is 63.3 Å². The Hall–Kier alpha value is -1.42. The molecule has 3 nitrogen and oxygen atoms in total. The number of nitrogens with zero attached hydrogens (tertiary/aromatic N) is 2. The highest BCUT2D eigenvalue weighted by molar-refractivity contribution is 9.09. The van der Waals surface area contributed by atoms with Crippen molar-refractivity contribution in [2.24, 2.45) is 0 Å². The highest BCUT2D eigenvalue weighted by atomic mass is 79.9. The van der Waals surface area contributed by atoms with E-state index >= 15 is 0 Å². The van der Waals surface area contributed by atoms with Gasteiger partial charge in [0.05, 0.1) is 11.4 Å². The van der Waals surface area contributed by atoms with Crippen LogP contribution in [0.15, 0.2) is 35.1 Å². The van der Waals surface area contributed by atoms with Crippen LogP contribution in [0.5, 0.6) is 0 Å². The second kappa shape index (κ2) is 6.35. The molecule has 1 heterocycles. The van der Waals surface area contributed by atoms with E-state index in [-0.39, 0.29) is 10.4 Å². The molecule has 0 bridgehead atoms. The Labute approximate surface area is 127 Å². The van der Waals surface area contributed by atoms with Gasteiger partial charge in [-0.2, -0.15) is 0 Å². The standard InChI is InChI=1S/C16H19BrN2O/c1-4-14(17)15-18-12(3)11(2)16(20)19(15)10-13-8-6-5-7-9-13/h5-9,14H,4,10H2,1-3H3. The van der Waals surface area contributed by atoms with Gasteiger partial charge in [-0.3, -0.25) is 9.36 Å². The second-order valence-corrected chi connectivity index (χ2v) is 6.04. The third-order valence-corrected chi connectivity index (χ3v) is 4.55. The van der Waals surface area contributed by atoms with Crippen LogP contribution in [0.4, 0.5) is 0 Å². The van der Waals surface area contributed by atoms with Gasteiger partial charge in [0, 0.05) is 11.3 Å². The van der Waals surface area contributed by atoms with Crippen LogP contribution in [0.1, 0.15) is 40.8 Å². The molecule has 106 valence electrons. The molecule has 0 fully saturated rings. The van der Waals surface area contributed by atoms with E-state index in [4.69, 9.17) is 0 Å². The zero-order chi connectivity index (χ0) is 14.7. The topological polar surface area (TPSA) is 34.9 Å². The van der Waals surface area contributed by atoms with Crippen LogP contribution in [-0.4, -0.2) is 9.55 Å². The zero-order valence-electron chi connectivity index (χ0n) is 12.1. The average Bonchev–Trinajstić information content (AvgIpc) is 2.48. The van der Waals surface area contributed by atoms with Crippen molar-refractivity contribution in [2.75, 3.05) is 0 Å². The fourth-order valence-electron chi connectivity index (χ4n) is 2.12. The lowest BCUT2D eigenvalue weighted by atomic mass is 10.2. The first-order valence-electron chi connectivity index (χ1n) is 6.80. The Bertz CT molecular complexity index is 650. The summed E-state index contributed by atoms with van der Waals surface area (Å²) in [6.07, 6.45) is 0.893. The lowest BCUT2D eigenvalue weighted by Crippen LogP contribution is -2.29. The molecule has 1 aromatic heterocycles. The van der Waals surface area contributed by atoms with Crippen molar-refractivity contribution < 1.29 is 0 Å². The summed E-state index contributed by atoms with van der Waals surface area (Å²) in [6.45, 7) is 6.37. The minimum absolute atomic E-state index is 0.0502. The van der Waals surface area contributed by atoms with Crippen LogP contribution in [0.3, 0.4) is 0 Å². The Morgan fingerprint density at radius 2 is 1.90 bits per heavy atom. The molecule has 0 aliphatic rings. The Morgan fingerprint density at radius 3 is 2.50 bits per heavy atom. The number of benzene rings is 1. The van der Waals surface area contributed by atoms with Gasteiger partial charge < -0.3 is 0 Å².